The number of pyridine rings is 1. The summed E-state index contributed by atoms with van der Waals surface area (Å²) in [5, 5.41) is 0. The normalized spacial score (nSPS) is 17.5. The number of anilines is 1. The molecular weight excluding hydrogens is 164 g/mol. The van der Waals surface area contributed by atoms with Gasteiger partial charge in [-0.25, -0.2) is 4.98 Å². The molecule has 2 heterocycles. The highest BCUT2D eigenvalue weighted by atomic mass is 16.5. The van der Waals surface area contributed by atoms with E-state index in [2.05, 4.69) is 9.88 Å². The van der Waals surface area contributed by atoms with Crippen molar-refractivity contribution >= 4 is 5.82 Å². The molecule has 1 aromatic rings. The minimum Gasteiger partial charge on any atom is -0.378 e. The maximum atomic E-state index is 5.67. The Morgan fingerprint density at radius 3 is 2.85 bits per heavy atom. The molecule has 0 atom stereocenters. The van der Waals surface area contributed by atoms with Crippen molar-refractivity contribution in [2.24, 2.45) is 0 Å². The monoisotopic (exact) mass is 176 g/mol. The predicted molar refractivity (Wildman–Crippen MR) is 50.7 cm³/mol. The van der Waals surface area contributed by atoms with Crippen LogP contribution in [0.3, 0.4) is 0 Å². The van der Waals surface area contributed by atoms with Crippen LogP contribution in [-0.4, -0.2) is 31.3 Å². The number of rotatable bonds is 1. The number of hydrogen-bond donors (Lipinski definition) is 0. The first-order valence-electron chi connectivity index (χ1n) is 4.40. The maximum Gasteiger partial charge on any atom is 0.128 e. The molecule has 2 radical (unpaired) electrons. The Hall–Kier alpha value is -1.09. The summed E-state index contributed by atoms with van der Waals surface area (Å²) in [7, 11) is 0. The van der Waals surface area contributed by atoms with E-state index in [4.69, 9.17) is 11.7 Å². The fourth-order valence-corrected chi connectivity index (χ4v) is 1.40. The number of hydrogen-bond acceptors (Lipinski definition) is 3. The summed E-state index contributed by atoms with van der Waals surface area (Å²) in [6.07, 6.45) is 1.74. The lowest BCUT2D eigenvalue weighted by Gasteiger charge is -2.27. The first-order valence-corrected chi connectivity index (χ1v) is 4.40. The number of aromatic nitrogens is 1. The molecule has 0 amide bonds. The van der Waals surface area contributed by atoms with Crippen molar-refractivity contribution in [1.29, 1.82) is 0 Å². The third-order valence-corrected chi connectivity index (χ3v) is 2.10. The third-order valence-electron chi connectivity index (χ3n) is 2.10. The Morgan fingerprint density at radius 1 is 1.38 bits per heavy atom. The van der Waals surface area contributed by atoms with Gasteiger partial charge < -0.3 is 9.64 Å². The number of morpholine rings is 1. The molecule has 0 bridgehead atoms. The molecule has 1 saturated heterocycles. The van der Waals surface area contributed by atoms with E-state index >= 15 is 0 Å². The molecule has 0 aromatic carbocycles. The standard InChI is InChI=1S/C10H12N2O/c1-9-2-3-11-10(8-9)12-4-6-13-7-5-12/h1-3,8H,4-7H2. The van der Waals surface area contributed by atoms with Crippen LogP contribution in [0.5, 0.6) is 0 Å². The van der Waals surface area contributed by atoms with Crippen LogP contribution in [0.4, 0.5) is 5.82 Å². The minimum absolute atomic E-state index is 0.761. The van der Waals surface area contributed by atoms with E-state index < -0.39 is 0 Å². The Morgan fingerprint density at radius 2 is 2.15 bits per heavy atom. The molecule has 3 heteroatoms. The zero-order chi connectivity index (χ0) is 9.10. The SMILES string of the molecule is [CH]c1ccnc(N2CCOCC2)c1. The summed E-state index contributed by atoms with van der Waals surface area (Å²) in [6, 6.07) is 3.69. The van der Waals surface area contributed by atoms with Gasteiger partial charge in [0.1, 0.15) is 5.82 Å². The van der Waals surface area contributed by atoms with Crippen molar-refractivity contribution in [3.8, 4) is 0 Å². The molecule has 0 unspecified atom stereocenters. The highest BCUT2D eigenvalue weighted by molar-refractivity contribution is 5.41. The molecule has 0 saturated carbocycles. The maximum absolute atomic E-state index is 5.67. The van der Waals surface area contributed by atoms with E-state index in [9.17, 15) is 0 Å². The van der Waals surface area contributed by atoms with Gasteiger partial charge in [-0.05, 0) is 24.6 Å². The van der Waals surface area contributed by atoms with Gasteiger partial charge >= 0.3 is 0 Å². The molecule has 1 aliphatic heterocycles. The zero-order valence-electron chi connectivity index (χ0n) is 7.44. The van der Waals surface area contributed by atoms with Crippen molar-refractivity contribution in [3.63, 3.8) is 0 Å². The van der Waals surface area contributed by atoms with Crippen LogP contribution < -0.4 is 4.90 Å². The van der Waals surface area contributed by atoms with Crippen molar-refractivity contribution in [2.75, 3.05) is 31.2 Å². The highest BCUT2D eigenvalue weighted by Crippen LogP contribution is 2.13. The van der Waals surface area contributed by atoms with Crippen LogP contribution in [0.1, 0.15) is 5.56 Å². The van der Waals surface area contributed by atoms with Crippen molar-refractivity contribution in [2.45, 2.75) is 0 Å². The van der Waals surface area contributed by atoms with Crippen LogP contribution >= 0.6 is 0 Å². The topological polar surface area (TPSA) is 25.4 Å². The summed E-state index contributed by atoms with van der Waals surface area (Å²) >= 11 is 0. The van der Waals surface area contributed by atoms with Gasteiger partial charge in [-0.15, -0.1) is 0 Å². The molecule has 3 nitrogen and oxygen atoms in total. The molecule has 1 aliphatic rings. The smallest absolute Gasteiger partial charge is 0.128 e. The van der Waals surface area contributed by atoms with E-state index in [1.165, 1.54) is 0 Å². The molecule has 68 valence electrons. The van der Waals surface area contributed by atoms with Gasteiger partial charge in [-0.1, -0.05) is 0 Å². The molecule has 0 N–H and O–H groups in total. The van der Waals surface area contributed by atoms with Crippen LogP contribution in [0.25, 0.3) is 0 Å². The predicted octanol–water partition coefficient (Wildman–Crippen LogP) is 0.977. The summed E-state index contributed by atoms with van der Waals surface area (Å²) in [5.74, 6) is 0.948. The van der Waals surface area contributed by atoms with Gasteiger partial charge in [0.2, 0.25) is 0 Å². The highest BCUT2D eigenvalue weighted by Gasteiger charge is 2.11. The number of nitrogens with zero attached hydrogens (tertiary/aromatic N) is 2. The third kappa shape index (κ3) is 1.98. The average molecular weight is 176 g/mol. The molecule has 1 aromatic heterocycles. The summed E-state index contributed by atoms with van der Waals surface area (Å²) in [5.41, 5.74) is 0.761. The molecule has 13 heavy (non-hydrogen) atoms. The van der Waals surface area contributed by atoms with Gasteiger partial charge in [0.15, 0.2) is 0 Å². The van der Waals surface area contributed by atoms with Gasteiger partial charge in [0.05, 0.1) is 13.2 Å². The van der Waals surface area contributed by atoms with E-state index in [1.807, 2.05) is 6.07 Å². The second-order valence-electron chi connectivity index (χ2n) is 3.05. The lowest BCUT2D eigenvalue weighted by atomic mass is 10.3. The average Bonchev–Trinajstić information content (AvgIpc) is 2.19. The van der Waals surface area contributed by atoms with E-state index in [0.717, 1.165) is 37.7 Å². The lowest BCUT2D eigenvalue weighted by Crippen LogP contribution is -2.36. The molecular formula is C10H12N2O. The van der Waals surface area contributed by atoms with Gasteiger partial charge in [-0.3, -0.25) is 0 Å². The summed E-state index contributed by atoms with van der Waals surface area (Å²) in [6.45, 7) is 9.01. The Labute approximate surface area is 78.3 Å². The van der Waals surface area contributed by atoms with E-state index in [1.54, 1.807) is 12.3 Å². The minimum atomic E-state index is 0.761. The van der Waals surface area contributed by atoms with Crippen molar-refractivity contribution in [3.05, 3.63) is 30.8 Å². The first-order chi connectivity index (χ1) is 6.36. The largest absolute Gasteiger partial charge is 0.378 e. The lowest BCUT2D eigenvalue weighted by molar-refractivity contribution is 0.122. The van der Waals surface area contributed by atoms with Gasteiger partial charge in [-0.2, -0.15) is 0 Å². The van der Waals surface area contributed by atoms with Crippen LogP contribution in [0, 0.1) is 6.92 Å². The van der Waals surface area contributed by atoms with E-state index in [-0.39, 0.29) is 0 Å². The molecule has 2 rings (SSSR count). The molecule has 0 spiro atoms. The van der Waals surface area contributed by atoms with Gasteiger partial charge in [0.25, 0.3) is 0 Å². The Kier molecular flexibility index (Phi) is 2.45. The summed E-state index contributed by atoms with van der Waals surface area (Å²) < 4.78 is 5.25. The van der Waals surface area contributed by atoms with Crippen LogP contribution in [0.2, 0.25) is 0 Å². The van der Waals surface area contributed by atoms with Crippen LogP contribution in [0.15, 0.2) is 18.3 Å². The Bertz CT molecular complexity index is 282. The second kappa shape index (κ2) is 3.75. The summed E-state index contributed by atoms with van der Waals surface area (Å²) in [4.78, 5) is 6.43. The zero-order valence-corrected chi connectivity index (χ0v) is 7.44. The van der Waals surface area contributed by atoms with Crippen LogP contribution in [-0.2, 0) is 4.74 Å². The Balaban J connectivity index is 2.14. The molecule has 0 aliphatic carbocycles. The fraction of sp³-hybridized carbons (Fsp3) is 0.400. The van der Waals surface area contributed by atoms with E-state index in [0.29, 0.717) is 0 Å². The first kappa shape index (κ1) is 8.51. The van der Waals surface area contributed by atoms with Crippen molar-refractivity contribution < 1.29 is 4.74 Å². The molecule has 1 fully saturated rings. The second-order valence-corrected chi connectivity index (χ2v) is 3.05. The quantitative estimate of drug-likeness (QED) is 0.637. The fourth-order valence-electron chi connectivity index (χ4n) is 1.40. The van der Waals surface area contributed by atoms with Crippen molar-refractivity contribution in [1.82, 2.24) is 4.98 Å². The number of ether oxygens (including phenoxy) is 1. The van der Waals surface area contributed by atoms with Gasteiger partial charge in [0, 0.05) is 19.3 Å².